The van der Waals surface area contributed by atoms with Crippen LogP contribution in [0.15, 0.2) is 34.9 Å². The van der Waals surface area contributed by atoms with Crippen LogP contribution in [0.5, 0.6) is 11.5 Å². The monoisotopic (exact) mass is 674 g/mol. The smallest absolute Gasteiger partial charge is 0.274 e. The Labute approximate surface area is 291 Å². The molecule has 1 N–H and O–H groups in total. The van der Waals surface area contributed by atoms with E-state index in [1.54, 1.807) is 0 Å². The number of nitrogens with zero attached hydrogens (tertiary/aromatic N) is 3. The summed E-state index contributed by atoms with van der Waals surface area (Å²) in [6, 6.07) is 10.3. The maximum absolute atomic E-state index is 13.4. The van der Waals surface area contributed by atoms with Crippen molar-refractivity contribution in [1.29, 1.82) is 0 Å². The minimum absolute atomic E-state index is 0.178. The highest BCUT2D eigenvalue weighted by atomic mass is 16.5. The van der Waals surface area contributed by atoms with Gasteiger partial charge in [-0.2, -0.15) is 0 Å². The molecule has 49 heavy (non-hydrogen) atoms. The van der Waals surface area contributed by atoms with Crippen LogP contribution < -0.4 is 14.8 Å². The minimum atomic E-state index is -0.292. The van der Waals surface area contributed by atoms with Crippen molar-refractivity contribution in [3.05, 3.63) is 52.7 Å². The standard InChI is InChI=1S/C39H54N4O6/c1-6-9-19-47-33-25-34(48-20-10-7-2)32(24-31(33)27(4)5)38-36(37(41-49-38)39(45)40-8-3)29-11-12-30-26-43(16-13-28(30)23-29)35(44)14-15-42-17-21-46-22-18-42/h11-12,23-25,27H,6-10,13-22,26H2,1-5H3,(H,40,45). The second-order valence-electron chi connectivity index (χ2n) is 13.3. The summed E-state index contributed by atoms with van der Waals surface area (Å²) in [6.45, 7) is 17.3. The van der Waals surface area contributed by atoms with E-state index in [9.17, 15) is 9.59 Å². The molecular weight excluding hydrogens is 620 g/mol. The Morgan fingerprint density at radius 2 is 1.67 bits per heavy atom. The molecule has 0 bridgehead atoms. The van der Waals surface area contributed by atoms with Crippen LogP contribution in [0, 0.1) is 0 Å². The van der Waals surface area contributed by atoms with Crippen LogP contribution >= 0.6 is 0 Å². The van der Waals surface area contributed by atoms with E-state index in [0.717, 1.165) is 98.5 Å². The lowest BCUT2D eigenvalue weighted by Gasteiger charge is -2.31. The molecule has 10 heteroatoms. The zero-order valence-electron chi connectivity index (χ0n) is 30.1. The first kappa shape index (κ1) is 36.4. The molecule has 266 valence electrons. The van der Waals surface area contributed by atoms with E-state index in [1.165, 1.54) is 0 Å². The maximum Gasteiger partial charge on any atom is 0.274 e. The number of amides is 2. The highest BCUT2D eigenvalue weighted by molar-refractivity contribution is 6.02. The number of benzene rings is 2. The van der Waals surface area contributed by atoms with E-state index in [2.05, 4.69) is 61.3 Å². The van der Waals surface area contributed by atoms with E-state index in [-0.39, 0.29) is 23.4 Å². The third-order valence-corrected chi connectivity index (χ3v) is 9.34. The largest absolute Gasteiger partial charge is 0.493 e. The molecule has 2 aliphatic rings. The summed E-state index contributed by atoms with van der Waals surface area (Å²) in [7, 11) is 0. The predicted molar refractivity (Wildman–Crippen MR) is 191 cm³/mol. The molecule has 2 aromatic carbocycles. The van der Waals surface area contributed by atoms with Gasteiger partial charge >= 0.3 is 0 Å². The van der Waals surface area contributed by atoms with E-state index >= 15 is 0 Å². The molecule has 0 radical (unpaired) electrons. The number of morpholine rings is 1. The molecule has 1 aromatic heterocycles. The van der Waals surface area contributed by atoms with Crippen molar-refractivity contribution in [2.45, 2.75) is 85.6 Å². The van der Waals surface area contributed by atoms with Crippen molar-refractivity contribution in [3.8, 4) is 33.9 Å². The predicted octanol–water partition coefficient (Wildman–Crippen LogP) is 6.85. The van der Waals surface area contributed by atoms with Gasteiger partial charge in [-0.25, -0.2) is 0 Å². The number of hydrogen-bond acceptors (Lipinski definition) is 8. The van der Waals surface area contributed by atoms with Crippen molar-refractivity contribution in [2.24, 2.45) is 0 Å². The molecule has 5 rings (SSSR count). The van der Waals surface area contributed by atoms with Crippen LogP contribution in [0.25, 0.3) is 22.5 Å². The van der Waals surface area contributed by atoms with Gasteiger partial charge in [0.05, 0.1) is 37.6 Å². The normalized spacial score (nSPS) is 14.9. The zero-order chi connectivity index (χ0) is 34.8. The number of ether oxygens (including phenoxy) is 3. The van der Waals surface area contributed by atoms with Crippen molar-refractivity contribution in [3.63, 3.8) is 0 Å². The van der Waals surface area contributed by atoms with E-state index in [1.807, 2.05) is 24.0 Å². The summed E-state index contributed by atoms with van der Waals surface area (Å²) in [4.78, 5) is 30.8. The fraction of sp³-hybridized carbons (Fsp3) is 0.564. The van der Waals surface area contributed by atoms with Crippen molar-refractivity contribution in [2.75, 3.05) is 59.2 Å². The lowest BCUT2D eigenvalue weighted by atomic mass is 9.91. The number of fused-ring (bicyclic) bond motifs is 1. The SMILES string of the molecule is CCCCOc1cc(OCCCC)c(C(C)C)cc1-c1onc(C(=O)NCC)c1-c1ccc2c(c1)CCN(C(=O)CCN1CCOCC1)C2. The van der Waals surface area contributed by atoms with Crippen LogP contribution in [0.2, 0.25) is 0 Å². The highest BCUT2D eigenvalue weighted by Gasteiger charge is 2.29. The number of nitrogens with one attached hydrogen (secondary N) is 1. The third kappa shape index (κ3) is 9.02. The number of carbonyl (C=O) groups is 2. The van der Waals surface area contributed by atoms with Crippen LogP contribution in [0.4, 0.5) is 0 Å². The maximum atomic E-state index is 13.4. The molecule has 3 heterocycles. The summed E-state index contributed by atoms with van der Waals surface area (Å²) in [5.74, 6) is 2.01. The molecule has 1 saturated heterocycles. The van der Waals surface area contributed by atoms with E-state index < -0.39 is 0 Å². The van der Waals surface area contributed by atoms with Gasteiger partial charge < -0.3 is 29.0 Å². The number of rotatable bonds is 16. The third-order valence-electron chi connectivity index (χ3n) is 9.34. The number of aromatic nitrogens is 1. The summed E-state index contributed by atoms with van der Waals surface area (Å²) in [5.41, 5.74) is 5.78. The van der Waals surface area contributed by atoms with Crippen LogP contribution in [0.3, 0.4) is 0 Å². The average Bonchev–Trinajstić information content (AvgIpc) is 3.56. The molecule has 0 unspecified atom stereocenters. The van der Waals surface area contributed by atoms with Crippen molar-refractivity contribution < 1.29 is 28.3 Å². The zero-order valence-corrected chi connectivity index (χ0v) is 30.1. The molecule has 0 spiro atoms. The van der Waals surface area contributed by atoms with Crippen LogP contribution in [-0.2, 0) is 22.5 Å². The van der Waals surface area contributed by atoms with Crippen molar-refractivity contribution in [1.82, 2.24) is 20.3 Å². The Morgan fingerprint density at radius 3 is 2.37 bits per heavy atom. The minimum Gasteiger partial charge on any atom is -0.493 e. The number of unbranched alkanes of at least 4 members (excludes halogenated alkanes) is 2. The van der Waals surface area contributed by atoms with E-state index in [0.29, 0.717) is 56.3 Å². The molecule has 0 saturated carbocycles. The van der Waals surface area contributed by atoms with Gasteiger partial charge in [0.15, 0.2) is 11.5 Å². The lowest BCUT2D eigenvalue weighted by Crippen LogP contribution is -2.41. The topological polar surface area (TPSA) is 106 Å². The molecule has 10 nitrogen and oxygen atoms in total. The average molecular weight is 675 g/mol. The second-order valence-corrected chi connectivity index (χ2v) is 13.3. The van der Waals surface area contributed by atoms with Gasteiger partial charge in [0.25, 0.3) is 5.91 Å². The first-order valence-corrected chi connectivity index (χ1v) is 18.3. The molecule has 3 aromatic rings. The summed E-state index contributed by atoms with van der Waals surface area (Å²) in [5, 5.41) is 7.26. The van der Waals surface area contributed by atoms with Gasteiger partial charge in [-0.15, -0.1) is 0 Å². The van der Waals surface area contributed by atoms with E-state index in [4.69, 9.17) is 18.7 Å². The van der Waals surface area contributed by atoms with Gasteiger partial charge in [-0.05, 0) is 60.4 Å². The fourth-order valence-electron chi connectivity index (χ4n) is 6.40. The molecule has 2 aliphatic heterocycles. The quantitative estimate of drug-likeness (QED) is 0.165. The second kappa shape index (κ2) is 17.7. The summed E-state index contributed by atoms with van der Waals surface area (Å²) >= 11 is 0. The van der Waals surface area contributed by atoms with Gasteiger partial charge in [-0.1, -0.05) is 63.9 Å². The molecule has 2 amide bonds. The first-order chi connectivity index (χ1) is 23.8. The van der Waals surface area contributed by atoms with Crippen LogP contribution in [-0.4, -0.2) is 85.9 Å². The Hall–Kier alpha value is -3.89. The Bertz CT molecular complexity index is 1560. The van der Waals surface area contributed by atoms with Crippen molar-refractivity contribution >= 4 is 11.8 Å². The number of hydrogen-bond donors (Lipinski definition) is 1. The fourth-order valence-corrected chi connectivity index (χ4v) is 6.40. The lowest BCUT2D eigenvalue weighted by molar-refractivity contribution is -0.132. The molecular formula is C39H54N4O6. The van der Waals surface area contributed by atoms with Gasteiger partial charge in [0.1, 0.15) is 11.5 Å². The summed E-state index contributed by atoms with van der Waals surface area (Å²) < 4.78 is 24.2. The van der Waals surface area contributed by atoms with Gasteiger partial charge in [-0.3, -0.25) is 14.5 Å². The summed E-state index contributed by atoms with van der Waals surface area (Å²) in [6.07, 6.45) is 5.16. The van der Waals surface area contributed by atoms with Gasteiger partial charge in [0, 0.05) is 51.8 Å². The Kier molecular flexibility index (Phi) is 13.1. The number of carbonyl (C=O) groups excluding carboxylic acids is 2. The van der Waals surface area contributed by atoms with Crippen LogP contribution in [0.1, 0.15) is 99.8 Å². The molecule has 0 atom stereocenters. The highest BCUT2D eigenvalue weighted by Crippen LogP contribution is 2.44. The Morgan fingerprint density at radius 1 is 0.939 bits per heavy atom. The molecule has 1 fully saturated rings. The van der Waals surface area contributed by atoms with Gasteiger partial charge in [0.2, 0.25) is 5.91 Å². The molecule has 0 aliphatic carbocycles. The first-order valence-electron chi connectivity index (χ1n) is 18.3. The Balaban J connectivity index is 1.49.